The van der Waals surface area contributed by atoms with Crippen molar-refractivity contribution in [2.45, 2.75) is 70.4 Å². The van der Waals surface area contributed by atoms with Gasteiger partial charge in [-0.05, 0) is 112 Å². The van der Waals surface area contributed by atoms with Gasteiger partial charge < -0.3 is 16.0 Å². The van der Waals surface area contributed by atoms with Crippen LogP contribution in [-0.4, -0.2) is 57.0 Å². The smallest absolute Gasteiger partial charge is 0.249 e. The maximum Gasteiger partial charge on any atom is 0.249 e. The van der Waals surface area contributed by atoms with Crippen molar-refractivity contribution in [3.8, 4) is 11.3 Å². The molecule has 0 aliphatic carbocycles. The number of unbranched alkanes of at least 4 members (excludes halogenated alkanes) is 1. The van der Waals surface area contributed by atoms with E-state index in [-0.39, 0.29) is 30.3 Å². The predicted molar refractivity (Wildman–Crippen MR) is 176 cm³/mol. The Balaban J connectivity index is 0.00000384. The van der Waals surface area contributed by atoms with Crippen LogP contribution < -0.4 is 16.4 Å². The molecule has 0 saturated carbocycles. The number of nitrogens with one attached hydrogen (secondary N) is 2. The summed E-state index contributed by atoms with van der Waals surface area (Å²) in [4.78, 5) is 30.6. The first-order valence-corrected chi connectivity index (χ1v) is 15.5. The Morgan fingerprint density at radius 2 is 1.80 bits per heavy atom. The highest BCUT2D eigenvalue weighted by atomic mass is 35.5. The van der Waals surface area contributed by atoms with Gasteiger partial charge in [0.1, 0.15) is 6.04 Å². The zero-order valence-electron chi connectivity index (χ0n) is 25.3. The first-order chi connectivity index (χ1) is 21.0. The average molecular weight is 616 g/mol. The zero-order valence-corrected chi connectivity index (χ0v) is 26.1. The van der Waals surface area contributed by atoms with E-state index in [1.54, 1.807) is 0 Å². The Labute approximate surface area is 265 Å². The lowest BCUT2D eigenvalue weighted by atomic mass is 9.89. The van der Waals surface area contributed by atoms with E-state index < -0.39 is 0 Å². The largest absolute Gasteiger partial charge is 0.374 e. The molecular formula is C34H42ClN7O2. The molecular weight excluding hydrogens is 574 g/mol. The number of imide groups is 1. The molecule has 0 bridgehead atoms. The SMILES string of the molecule is Cc1cc(-c2ccnc3cc(CCCCN4CCC(c5ccc(NC6CCC(=O)NC6=O)cc5)CC4)nn23)ccc1CN.Cl. The van der Waals surface area contributed by atoms with E-state index in [2.05, 4.69) is 76.0 Å². The minimum Gasteiger partial charge on any atom is -0.374 e. The minimum absolute atomic E-state index is 0. The Bertz CT molecular complexity index is 1600. The van der Waals surface area contributed by atoms with E-state index in [1.807, 2.05) is 16.8 Å². The average Bonchev–Trinajstić information content (AvgIpc) is 3.45. The van der Waals surface area contributed by atoms with Crippen LogP contribution >= 0.6 is 12.4 Å². The Morgan fingerprint density at radius 3 is 2.52 bits per heavy atom. The van der Waals surface area contributed by atoms with Crippen LogP contribution in [0, 0.1) is 6.92 Å². The summed E-state index contributed by atoms with van der Waals surface area (Å²) in [6, 6.07) is 18.7. The van der Waals surface area contributed by atoms with Gasteiger partial charge in [-0.3, -0.25) is 14.9 Å². The van der Waals surface area contributed by atoms with Crippen molar-refractivity contribution in [2.24, 2.45) is 5.73 Å². The van der Waals surface area contributed by atoms with Crippen LogP contribution in [0.3, 0.4) is 0 Å². The number of piperidine rings is 2. The Morgan fingerprint density at radius 1 is 1.00 bits per heavy atom. The number of aromatic nitrogens is 3. The Hall–Kier alpha value is -3.79. The summed E-state index contributed by atoms with van der Waals surface area (Å²) in [6.07, 6.45) is 8.29. The van der Waals surface area contributed by atoms with Crippen molar-refractivity contribution >= 4 is 35.6 Å². The van der Waals surface area contributed by atoms with Gasteiger partial charge in [-0.25, -0.2) is 9.50 Å². The molecule has 2 saturated heterocycles. The molecule has 0 spiro atoms. The molecule has 232 valence electrons. The van der Waals surface area contributed by atoms with Gasteiger partial charge in [0, 0.05) is 36.5 Å². The molecule has 10 heteroatoms. The van der Waals surface area contributed by atoms with E-state index >= 15 is 0 Å². The molecule has 2 aromatic carbocycles. The number of benzene rings is 2. The molecule has 9 nitrogen and oxygen atoms in total. The predicted octanol–water partition coefficient (Wildman–Crippen LogP) is 5.00. The summed E-state index contributed by atoms with van der Waals surface area (Å²) in [5, 5.41) is 10.6. The molecule has 2 amide bonds. The van der Waals surface area contributed by atoms with Gasteiger partial charge in [0.25, 0.3) is 0 Å². The molecule has 6 rings (SSSR count). The van der Waals surface area contributed by atoms with Crippen molar-refractivity contribution in [3.05, 3.63) is 83.2 Å². The van der Waals surface area contributed by atoms with Gasteiger partial charge in [-0.15, -0.1) is 12.4 Å². The number of aryl methyl sites for hydroxylation is 2. The summed E-state index contributed by atoms with van der Waals surface area (Å²) in [7, 11) is 0. The van der Waals surface area contributed by atoms with Crippen molar-refractivity contribution in [1.82, 2.24) is 24.8 Å². The third kappa shape index (κ3) is 7.29. The van der Waals surface area contributed by atoms with Crippen LogP contribution in [0.1, 0.15) is 66.8 Å². The number of amides is 2. The van der Waals surface area contributed by atoms with Crippen molar-refractivity contribution in [1.29, 1.82) is 0 Å². The first kappa shape index (κ1) is 31.6. The van der Waals surface area contributed by atoms with Crippen LogP contribution in [0.4, 0.5) is 5.69 Å². The number of anilines is 1. The van der Waals surface area contributed by atoms with E-state index in [0.717, 1.165) is 85.6 Å². The molecule has 0 radical (unpaired) electrons. The van der Waals surface area contributed by atoms with Gasteiger partial charge in [0.2, 0.25) is 11.8 Å². The van der Waals surface area contributed by atoms with Crippen LogP contribution in [0.5, 0.6) is 0 Å². The van der Waals surface area contributed by atoms with E-state index in [0.29, 0.717) is 25.3 Å². The van der Waals surface area contributed by atoms with Crippen LogP contribution in [0.2, 0.25) is 0 Å². The quantitative estimate of drug-likeness (QED) is 0.170. The summed E-state index contributed by atoms with van der Waals surface area (Å²) in [6.45, 7) is 5.99. The molecule has 1 unspecified atom stereocenters. The minimum atomic E-state index is -0.349. The summed E-state index contributed by atoms with van der Waals surface area (Å²) >= 11 is 0. The number of nitrogens with two attached hydrogens (primary N) is 1. The number of carbonyl (C=O) groups is 2. The molecule has 2 aliphatic rings. The van der Waals surface area contributed by atoms with Crippen molar-refractivity contribution in [2.75, 3.05) is 25.0 Å². The molecule has 2 aromatic heterocycles. The van der Waals surface area contributed by atoms with Crippen molar-refractivity contribution < 1.29 is 9.59 Å². The van der Waals surface area contributed by atoms with Gasteiger partial charge in [0.15, 0.2) is 5.65 Å². The third-order valence-electron chi connectivity index (χ3n) is 8.97. The summed E-state index contributed by atoms with van der Waals surface area (Å²) in [5.74, 6) is 0.136. The molecule has 4 N–H and O–H groups in total. The standard InChI is InChI=1S/C34H41N7O2.ClH/c1-23-20-26(5-6-27(23)22-35)31-13-16-36-32-21-29(39-41(31)32)4-2-3-17-40-18-14-25(15-19-40)24-7-9-28(10-8-24)37-30-11-12-33(42)38-34(30)43;/h5-10,13,16,20-21,25,30,37H,2-4,11-12,14-15,17-19,22,35H2,1H3,(H,38,42,43);1H. The molecule has 1 atom stereocenters. The highest BCUT2D eigenvalue weighted by Gasteiger charge is 2.26. The summed E-state index contributed by atoms with van der Waals surface area (Å²) < 4.78 is 1.97. The number of rotatable bonds is 10. The first-order valence-electron chi connectivity index (χ1n) is 15.5. The number of hydrogen-bond acceptors (Lipinski definition) is 7. The van der Waals surface area contributed by atoms with Gasteiger partial charge >= 0.3 is 0 Å². The lowest BCUT2D eigenvalue weighted by Gasteiger charge is -2.32. The highest BCUT2D eigenvalue weighted by Crippen LogP contribution is 2.29. The van der Waals surface area contributed by atoms with Crippen LogP contribution in [0.15, 0.2) is 60.8 Å². The fourth-order valence-electron chi connectivity index (χ4n) is 6.38. The lowest BCUT2D eigenvalue weighted by molar-refractivity contribution is -0.133. The molecule has 2 aliphatic heterocycles. The van der Waals surface area contributed by atoms with E-state index in [1.165, 1.54) is 11.1 Å². The maximum atomic E-state index is 12.0. The van der Waals surface area contributed by atoms with Gasteiger partial charge in [0.05, 0.1) is 11.4 Å². The van der Waals surface area contributed by atoms with Crippen LogP contribution in [0.25, 0.3) is 16.9 Å². The number of halogens is 1. The molecule has 44 heavy (non-hydrogen) atoms. The number of nitrogens with zero attached hydrogens (tertiary/aromatic N) is 4. The topological polar surface area (TPSA) is 118 Å². The van der Waals surface area contributed by atoms with Crippen molar-refractivity contribution in [3.63, 3.8) is 0 Å². The van der Waals surface area contributed by atoms with Gasteiger partial charge in [-0.2, -0.15) is 5.10 Å². The lowest BCUT2D eigenvalue weighted by Crippen LogP contribution is -2.47. The monoisotopic (exact) mass is 615 g/mol. The number of likely N-dealkylation sites (tertiary alicyclic amines) is 1. The molecule has 4 heterocycles. The maximum absolute atomic E-state index is 12.0. The number of hydrogen-bond donors (Lipinski definition) is 3. The highest BCUT2D eigenvalue weighted by molar-refractivity contribution is 6.01. The Kier molecular flexibility index (Phi) is 10.3. The molecule has 4 aromatic rings. The summed E-state index contributed by atoms with van der Waals surface area (Å²) in [5.41, 5.74) is 14.6. The fourth-order valence-corrected chi connectivity index (χ4v) is 6.38. The van der Waals surface area contributed by atoms with E-state index in [9.17, 15) is 9.59 Å². The molecule has 2 fully saturated rings. The van der Waals surface area contributed by atoms with E-state index in [4.69, 9.17) is 10.8 Å². The number of carbonyl (C=O) groups excluding carboxylic acids is 2. The zero-order chi connectivity index (χ0) is 29.8. The second-order valence-electron chi connectivity index (χ2n) is 11.9. The second kappa shape index (κ2) is 14.3. The number of fused-ring (bicyclic) bond motifs is 1. The third-order valence-corrected chi connectivity index (χ3v) is 8.97. The van der Waals surface area contributed by atoms with Gasteiger partial charge in [-0.1, -0.05) is 24.3 Å². The fraction of sp³-hybridized carbons (Fsp3) is 0.412. The second-order valence-corrected chi connectivity index (χ2v) is 11.9. The normalized spacial score (nSPS) is 17.8. The van der Waals surface area contributed by atoms with Crippen LogP contribution in [-0.2, 0) is 22.6 Å².